The van der Waals surface area contributed by atoms with E-state index in [4.69, 9.17) is 16.3 Å². The maximum Gasteiger partial charge on any atom is 0.407 e. The minimum Gasteiger partial charge on any atom is -0.444 e. The fourth-order valence-electron chi connectivity index (χ4n) is 3.43. The second kappa shape index (κ2) is 7.79. The molecule has 1 fully saturated rings. The summed E-state index contributed by atoms with van der Waals surface area (Å²) in [6, 6.07) is 5.87. The van der Waals surface area contributed by atoms with Crippen molar-refractivity contribution in [3.05, 3.63) is 40.9 Å². The number of hydrogen-bond acceptors (Lipinski definition) is 3. The van der Waals surface area contributed by atoms with E-state index in [9.17, 15) is 9.90 Å². The predicted molar refractivity (Wildman–Crippen MR) is 102 cm³/mol. The lowest BCUT2D eigenvalue weighted by atomic mass is 9.68. The molecule has 0 heterocycles. The van der Waals surface area contributed by atoms with Crippen molar-refractivity contribution in [2.45, 2.75) is 63.6 Å². The van der Waals surface area contributed by atoms with Crippen LogP contribution in [-0.2, 0) is 10.2 Å². The Morgan fingerprint density at radius 1 is 1.52 bits per heavy atom. The van der Waals surface area contributed by atoms with Crippen LogP contribution in [-0.4, -0.2) is 29.4 Å². The van der Waals surface area contributed by atoms with Crippen molar-refractivity contribution in [1.29, 1.82) is 0 Å². The highest BCUT2D eigenvalue weighted by Gasteiger charge is 2.38. The van der Waals surface area contributed by atoms with Crippen molar-refractivity contribution in [3.8, 4) is 0 Å². The van der Waals surface area contributed by atoms with E-state index >= 15 is 0 Å². The third kappa shape index (κ3) is 5.23. The van der Waals surface area contributed by atoms with E-state index in [-0.39, 0.29) is 11.5 Å². The van der Waals surface area contributed by atoms with E-state index in [2.05, 4.69) is 11.9 Å². The van der Waals surface area contributed by atoms with Gasteiger partial charge in [0.1, 0.15) is 5.60 Å². The van der Waals surface area contributed by atoms with Crippen molar-refractivity contribution in [2.75, 3.05) is 6.54 Å². The van der Waals surface area contributed by atoms with Gasteiger partial charge in [-0.05, 0) is 63.6 Å². The molecule has 0 unspecified atom stereocenters. The number of benzene rings is 1. The number of rotatable bonds is 4. The second-order valence-electron chi connectivity index (χ2n) is 7.83. The topological polar surface area (TPSA) is 58.6 Å². The molecule has 1 amide bonds. The summed E-state index contributed by atoms with van der Waals surface area (Å²) >= 11 is 6.35. The number of halogens is 1. The van der Waals surface area contributed by atoms with Crippen LogP contribution < -0.4 is 5.32 Å². The number of ether oxygens (including phenoxy) is 1. The van der Waals surface area contributed by atoms with Gasteiger partial charge in [-0.1, -0.05) is 36.4 Å². The van der Waals surface area contributed by atoms with E-state index in [0.717, 1.165) is 30.4 Å². The molecule has 25 heavy (non-hydrogen) atoms. The maximum atomic E-state index is 12.1. The molecule has 1 saturated carbocycles. The molecule has 1 aromatic carbocycles. The van der Waals surface area contributed by atoms with Crippen molar-refractivity contribution in [1.82, 2.24) is 5.32 Å². The summed E-state index contributed by atoms with van der Waals surface area (Å²) in [6.45, 7) is 9.67. The van der Waals surface area contributed by atoms with Gasteiger partial charge >= 0.3 is 6.09 Å². The first-order valence-electron chi connectivity index (χ1n) is 8.73. The number of aliphatic hydroxyl groups excluding tert-OH is 1. The third-order valence-corrected chi connectivity index (χ3v) is 4.95. The van der Waals surface area contributed by atoms with E-state index < -0.39 is 11.7 Å². The van der Waals surface area contributed by atoms with Gasteiger partial charge in [-0.2, -0.15) is 0 Å². The number of amides is 1. The van der Waals surface area contributed by atoms with Crippen LogP contribution in [0.2, 0.25) is 5.02 Å². The fourth-order valence-corrected chi connectivity index (χ4v) is 3.69. The molecule has 2 atom stereocenters. The van der Waals surface area contributed by atoms with Gasteiger partial charge in [0, 0.05) is 17.0 Å². The smallest absolute Gasteiger partial charge is 0.407 e. The van der Waals surface area contributed by atoms with Gasteiger partial charge < -0.3 is 15.2 Å². The molecule has 4 nitrogen and oxygen atoms in total. The molecule has 0 bridgehead atoms. The van der Waals surface area contributed by atoms with E-state index in [1.165, 1.54) is 0 Å². The molecule has 0 aliphatic heterocycles. The number of nitrogens with one attached hydrogen (secondary N) is 1. The Hall–Kier alpha value is -1.52. The summed E-state index contributed by atoms with van der Waals surface area (Å²) in [5, 5.41) is 13.7. The zero-order chi connectivity index (χ0) is 18.7. The van der Waals surface area contributed by atoms with E-state index in [1.807, 2.05) is 39.0 Å². The minimum atomic E-state index is -0.543. The van der Waals surface area contributed by atoms with Gasteiger partial charge in [0.25, 0.3) is 0 Å². The Labute approximate surface area is 155 Å². The lowest BCUT2D eigenvalue weighted by molar-refractivity contribution is 0.0464. The van der Waals surface area contributed by atoms with Gasteiger partial charge in [-0.15, -0.1) is 0 Å². The van der Waals surface area contributed by atoms with Crippen molar-refractivity contribution in [2.24, 2.45) is 0 Å². The highest BCUT2D eigenvalue weighted by atomic mass is 35.5. The normalized spacial score (nSPS) is 23.8. The number of aliphatic hydroxyl groups is 1. The molecule has 0 aromatic heterocycles. The van der Waals surface area contributed by atoms with Crippen LogP contribution in [0.5, 0.6) is 0 Å². The molecule has 0 spiro atoms. The van der Waals surface area contributed by atoms with Gasteiger partial charge in [-0.25, -0.2) is 4.79 Å². The second-order valence-corrected chi connectivity index (χ2v) is 8.23. The van der Waals surface area contributed by atoms with Gasteiger partial charge in [0.15, 0.2) is 0 Å². The number of alkyl carbamates (subject to hydrolysis) is 1. The summed E-state index contributed by atoms with van der Waals surface area (Å²) in [6.07, 6.45) is 4.04. The average Bonchev–Trinajstić information content (AvgIpc) is 2.51. The molecule has 1 aliphatic rings. The first-order valence-corrected chi connectivity index (χ1v) is 9.10. The summed E-state index contributed by atoms with van der Waals surface area (Å²) in [4.78, 5) is 12.1. The summed E-state index contributed by atoms with van der Waals surface area (Å²) in [5.41, 5.74) is 1.01. The molecular weight excluding hydrogens is 338 g/mol. The largest absolute Gasteiger partial charge is 0.444 e. The Morgan fingerprint density at radius 3 is 2.80 bits per heavy atom. The summed E-state index contributed by atoms with van der Waals surface area (Å²) in [7, 11) is 0. The van der Waals surface area contributed by atoms with Gasteiger partial charge in [0.05, 0.1) is 6.10 Å². The third-order valence-electron chi connectivity index (χ3n) is 4.62. The van der Waals surface area contributed by atoms with Crippen molar-refractivity contribution >= 4 is 23.8 Å². The highest BCUT2D eigenvalue weighted by Crippen LogP contribution is 2.40. The molecule has 0 radical (unpaired) electrons. The average molecular weight is 366 g/mol. The van der Waals surface area contributed by atoms with E-state index in [1.54, 1.807) is 6.08 Å². The minimum absolute atomic E-state index is 0.349. The van der Waals surface area contributed by atoms with Gasteiger partial charge in [0.2, 0.25) is 0 Å². The van der Waals surface area contributed by atoms with Crippen LogP contribution in [0.15, 0.2) is 24.8 Å². The SMILES string of the molecule is C=Cc1ccc([C@]2(CNC(=O)OC(C)(C)C)CCC[C@@H](O)C2)cc1Cl. The maximum absolute atomic E-state index is 12.1. The quantitative estimate of drug-likeness (QED) is 0.814. The van der Waals surface area contributed by atoms with Crippen LogP contribution in [0.4, 0.5) is 4.79 Å². The number of hydrogen-bond donors (Lipinski definition) is 2. The van der Waals surface area contributed by atoms with Crippen LogP contribution in [0.3, 0.4) is 0 Å². The van der Waals surface area contributed by atoms with Crippen LogP contribution in [0.1, 0.15) is 57.6 Å². The predicted octanol–water partition coefficient (Wildman–Crippen LogP) is 4.68. The highest BCUT2D eigenvalue weighted by molar-refractivity contribution is 6.32. The molecule has 0 saturated heterocycles. The zero-order valence-electron chi connectivity index (χ0n) is 15.3. The van der Waals surface area contributed by atoms with Crippen LogP contribution in [0.25, 0.3) is 6.08 Å². The Bertz CT molecular complexity index is 638. The first kappa shape index (κ1) is 19.8. The molecular formula is C20H28ClNO3. The summed E-state index contributed by atoms with van der Waals surface area (Å²) in [5.74, 6) is 0. The van der Waals surface area contributed by atoms with Crippen LogP contribution in [0, 0.1) is 0 Å². The molecule has 138 valence electrons. The molecule has 5 heteroatoms. The monoisotopic (exact) mass is 365 g/mol. The Morgan fingerprint density at radius 2 is 2.24 bits per heavy atom. The van der Waals surface area contributed by atoms with Crippen molar-refractivity contribution < 1.29 is 14.6 Å². The molecule has 2 N–H and O–H groups in total. The zero-order valence-corrected chi connectivity index (χ0v) is 16.0. The molecule has 2 rings (SSSR count). The van der Waals surface area contributed by atoms with E-state index in [0.29, 0.717) is 18.0 Å². The van der Waals surface area contributed by atoms with Crippen LogP contribution >= 0.6 is 11.6 Å². The lowest BCUT2D eigenvalue weighted by Crippen LogP contribution is -2.46. The lowest BCUT2D eigenvalue weighted by Gasteiger charge is -2.40. The Balaban J connectivity index is 2.24. The Kier molecular flexibility index (Phi) is 6.17. The number of carbonyl (C=O) groups is 1. The van der Waals surface area contributed by atoms with Gasteiger partial charge in [-0.3, -0.25) is 0 Å². The number of carbonyl (C=O) groups excluding carboxylic acids is 1. The standard InChI is InChI=1S/C20H28ClNO3/c1-5-14-8-9-15(11-17(14)21)20(10-6-7-16(23)12-20)13-22-18(24)25-19(2,3)4/h5,8-9,11,16,23H,1,6-7,10,12-13H2,2-4H3,(H,22,24)/t16-,20-/m1/s1. The van der Waals surface area contributed by atoms with Crippen molar-refractivity contribution in [3.63, 3.8) is 0 Å². The first-order chi connectivity index (χ1) is 11.6. The fraction of sp³-hybridized carbons (Fsp3) is 0.550. The molecule has 1 aliphatic carbocycles. The molecule has 1 aromatic rings. The summed E-state index contributed by atoms with van der Waals surface area (Å²) < 4.78 is 5.34.